The minimum atomic E-state index is 0.740. The number of rotatable bonds is 3. The summed E-state index contributed by atoms with van der Waals surface area (Å²) in [6.45, 7) is 4.24. The SMILES string of the molecule is CCc1cccc(C)c1Nc1ncnc2[nH]ncc12. The number of hydrogen-bond donors (Lipinski definition) is 2. The fraction of sp³-hybridized carbons (Fsp3) is 0.214. The van der Waals surface area contributed by atoms with E-state index in [9.17, 15) is 0 Å². The van der Waals surface area contributed by atoms with Crippen LogP contribution in [-0.4, -0.2) is 20.2 Å². The molecular weight excluding hydrogens is 238 g/mol. The van der Waals surface area contributed by atoms with Gasteiger partial charge in [-0.1, -0.05) is 25.1 Å². The maximum Gasteiger partial charge on any atom is 0.160 e. The van der Waals surface area contributed by atoms with Gasteiger partial charge < -0.3 is 5.32 Å². The molecule has 19 heavy (non-hydrogen) atoms. The number of fused-ring (bicyclic) bond motifs is 1. The molecule has 0 amide bonds. The van der Waals surface area contributed by atoms with Gasteiger partial charge in [-0.05, 0) is 24.5 Å². The number of para-hydroxylation sites is 1. The van der Waals surface area contributed by atoms with Crippen LogP contribution in [0.5, 0.6) is 0 Å². The second kappa shape index (κ2) is 4.68. The van der Waals surface area contributed by atoms with Gasteiger partial charge in [0.05, 0.1) is 11.6 Å². The quantitative estimate of drug-likeness (QED) is 0.753. The van der Waals surface area contributed by atoms with Crippen molar-refractivity contribution >= 4 is 22.5 Å². The molecule has 2 aromatic heterocycles. The number of aromatic nitrogens is 4. The molecule has 0 atom stereocenters. The molecular formula is C14H15N5. The summed E-state index contributed by atoms with van der Waals surface area (Å²) in [5, 5.41) is 11.2. The Morgan fingerprint density at radius 3 is 3.00 bits per heavy atom. The number of nitrogens with zero attached hydrogens (tertiary/aromatic N) is 3. The molecule has 0 radical (unpaired) electrons. The predicted molar refractivity (Wildman–Crippen MR) is 75.5 cm³/mol. The molecule has 0 aliphatic carbocycles. The molecule has 5 heteroatoms. The molecule has 0 aliphatic rings. The number of nitrogens with one attached hydrogen (secondary N) is 2. The van der Waals surface area contributed by atoms with Gasteiger partial charge >= 0.3 is 0 Å². The molecule has 0 saturated heterocycles. The van der Waals surface area contributed by atoms with Crippen LogP contribution in [-0.2, 0) is 6.42 Å². The van der Waals surface area contributed by atoms with E-state index in [4.69, 9.17) is 0 Å². The van der Waals surface area contributed by atoms with Gasteiger partial charge in [0, 0.05) is 5.69 Å². The van der Waals surface area contributed by atoms with Crippen molar-refractivity contribution in [2.75, 3.05) is 5.32 Å². The minimum Gasteiger partial charge on any atom is -0.339 e. The van der Waals surface area contributed by atoms with Crippen LogP contribution in [0.15, 0.2) is 30.7 Å². The van der Waals surface area contributed by atoms with Crippen molar-refractivity contribution in [1.29, 1.82) is 0 Å². The third-order valence-corrected chi connectivity index (χ3v) is 3.23. The van der Waals surface area contributed by atoms with Crippen LogP contribution in [0, 0.1) is 6.92 Å². The van der Waals surface area contributed by atoms with Crippen LogP contribution in [0.4, 0.5) is 11.5 Å². The van der Waals surface area contributed by atoms with Crippen molar-refractivity contribution in [3.63, 3.8) is 0 Å². The highest BCUT2D eigenvalue weighted by atomic mass is 15.2. The van der Waals surface area contributed by atoms with Gasteiger partial charge in [0.15, 0.2) is 5.65 Å². The van der Waals surface area contributed by atoms with Crippen LogP contribution in [0.1, 0.15) is 18.1 Å². The molecule has 3 aromatic rings. The van der Waals surface area contributed by atoms with E-state index in [1.165, 1.54) is 17.5 Å². The van der Waals surface area contributed by atoms with E-state index in [1.807, 2.05) is 0 Å². The highest BCUT2D eigenvalue weighted by Gasteiger charge is 2.09. The Bertz CT molecular complexity index is 717. The topological polar surface area (TPSA) is 66.5 Å². The molecule has 0 bridgehead atoms. The Hall–Kier alpha value is -2.43. The monoisotopic (exact) mass is 253 g/mol. The average molecular weight is 253 g/mol. The van der Waals surface area contributed by atoms with E-state index in [2.05, 4.69) is 57.5 Å². The van der Waals surface area contributed by atoms with Gasteiger partial charge in [-0.2, -0.15) is 5.10 Å². The fourth-order valence-electron chi connectivity index (χ4n) is 2.18. The summed E-state index contributed by atoms with van der Waals surface area (Å²) in [6, 6.07) is 6.30. The molecule has 0 spiro atoms. The van der Waals surface area contributed by atoms with Crippen molar-refractivity contribution in [3.8, 4) is 0 Å². The van der Waals surface area contributed by atoms with Crippen molar-refractivity contribution in [1.82, 2.24) is 20.2 Å². The Kier molecular flexibility index (Phi) is 2.87. The molecule has 2 heterocycles. The summed E-state index contributed by atoms with van der Waals surface area (Å²) >= 11 is 0. The van der Waals surface area contributed by atoms with Crippen molar-refractivity contribution in [2.45, 2.75) is 20.3 Å². The van der Waals surface area contributed by atoms with E-state index < -0.39 is 0 Å². The lowest BCUT2D eigenvalue weighted by Gasteiger charge is -2.13. The highest BCUT2D eigenvalue weighted by molar-refractivity contribution is 5.88. The number of hydrogen-bond acceptors (Lipinski definition) is 4. The molecule has 0 aliphatic heterocycles. The second-order valence-corrected chi connectivity index (χ2v) is 4.44. The molecule has 0 fully saturated rings. The van der Waals surface area contributed by atoms with Crippen LogP contribution in [0.3, 0.4) is 0 Å². The first-order valence-electron chi connectivity index (χ1n) is 6.29. The van der Waals surface area contributed by atoms with Crippen molar-refractivity contribution < 1.29 is 0 Å². The number of benzene rings is 1. The Balaban J connectivity index is 2.08. The summed E-state index contributed by atoms with van der Waals surface area (Å²) in [6.07, 6.45) is 4.25. The van der Waals surface area contributed by atoms with Gasteiger partial charge in [-0.3, -0.25) is 5.10 Å². The second-order valence-electron chi connectivity index (χ2n) is 4.44. The number of anilines is 2. The normalized spacial score (nSPS) is 10.8. The van der Waals surface area contributed by atoms with E-state index in [-0.39, 0.29) is 0 Å². The first-order valence-corrected chi connectivity index (χ1v) is 6.29. The van der Waals surface area contributed by atoms with Crippen molar-refractivity contribution in [3.05, 3.63) is 41.9 Å². The summed E-state index contributed by atoms with van der Waals surface area (Å²) in [4.78, 5) is 8.45. The highest BCUT2D eigenvalue weighted by Crippen LogP contribution is 2.27. The summed E-state index contributed by atoms with van der Waals surface area (Å²) in [7, 11) is 0. The maximum absolute atomic E-state index is 4.31. The zero-order valence-electron chi connectivity index (χ0n) is 10.9. The smallest absolute Gasteiger partial charge is 0.160 e. The van der Waals surface area contributed by atoms with E-state index >= 15 is 0 Å². The van der Waals surface area contributed by atoms with Crippen LogP contribution in [0.2, 0.25) is 0 Å². The predicted octanol–water partition coefficient (Wildman–Crippen LogP) is 2.97. The van der Waals surface area contributed by atoms with E-state index in [1.54, 1.807) is 6.20 Å². The standard InChI is InChI=1S/C14H15N5/c1-3-10-6-4-5-9(2)12(10)18-13-11-7-17-19-14(11)16-8-15-13/h4-8H,3H2,1-2H3,(H2,15,16,17,18,19). The van der Waals surface area contributed by atoms with Crippen LogP contribution < -0.4 is 5.32 Å². The lowest BCUT2D eigenvalue weighted by Crippen LogP contribution is -2.00. The summed E-state index contributed by atoms with van der Waals surface area (Å²) in [5.74, 6) is 0.780. The largest absolute Gasteiger partial charge is 0.339 e. The summed E-state index contributed by atoms with van der Waals surface area (Å²) in [5.41, 5.74) is 4.33. The Morgan fingerprint density at radius 1 is 1.26 bits per heavy atom. The molecule has 1 aromatic carbocycles. The Labute approximate surface area is 111 Å². The average Bonchev–Trinajstić information content (AvgIpc) is 2.90. The van der Waals surface area contributed by atoms with Crippen LogP contribution in [0.25, 0.3) is 11.0 Å². The lowest BCUT2D eigenvalue weighted by atomic mass is 10.1. The molecule has 96 valence electrons. The van der Waals surface area contributed by atoms with Crippen LogP contribution >= 0.6 is 0 Å². The number of H-pyrrole nitrogens is 1. The minimum absolute atomic E-state index is 0.740. The van der Waals surface area contributed by atoms with Gasteiger partial charge in [0.25, 0.3) is 0 Å². The fourth-order valence-corrected chi connectivity index (χ4v) is 2.18. The molecule has 0 unspecified atom stereocenters. The number of aromatic amines is 1. The third-order valence-electron chi connectivity index (χ3n) is 3.23. The summed E-state index contributed by atoms with van der Waals surface area (Å²) < 4.78 is 0. The zero-order chi connectivity index (χ0) is 13.2. The third kappa shape index (κ3) is 2.03. The van der Waals surface area contributed by atoms with Crippen molar-refractivity contribution in [2.24, 2.45) is 0 Å². The van der Waals surface area contributed by atoms with E-state index in [0.717, 1.165) is 29.0 Å². The zero-order valence-corrected chi connectivity index (χ0v) is 10.9. The molecule has 0 saturated carbocycles. The van der Waals surface area contributed by atoms with Gasteiger partial charge in [-0.15, -0.1) is 0 Å². The molecule has 3 rings (SSSR count). The number of aryl methyl sites for hydroxylation is 2. The first-order chi connectivity index (χ1) is 9.29. The van der Waals surface area contributed by atoms with Gasteiger partial charge in [0.1, 0.15) is 12.1 Å². The molecule has 5 nitrogen and oxygen atoms in total. The van der Waals surface area contributed by atoms with Gasteiger partial charge in [-0.25, -0.2) is 9.97 Å². The first kappa shape index (κ1) is 11.6. The lowest BCUT2D eigenvalue weighted by molar-refractivity contribution is 1.09. The molecule has 2 N–H and O–H groups in total. The van der Waals surface area contributed by atoms with E-state index in [0.29, 0.717) is 0 Å². The Morgan fingerprint density at radius 2 is 2.16 bits per heavy atom. The van der Waals surface area contributed by atoms with Gasteiger partial charge in [0.2, 0.25) is 0 Å². The maximum atomic E-state index is 4.31.